The SMILES string of the molecule is Cc1cc2ccccc2nc1N(C)C1CCCNC1. The number of pyridine rings is 1. The molecular formula is C16H21N3. The third-order valence-corrected chi connectivity index (χ3v) is 4.04. The van der Waals surface area contributed by atoms with Crippen molar-refractivity contribution in [3.05, 3.63) is 35.9 Å². The van der Waals surface area contributed by atoms with Gasteiger partial charge in [0, 0.05) is 25.0 Å². The number of aryl methyl sites for hydroxylation is 1. The van der Waals surface area contributed by atoms with Gasteiger partial charge in [-0.2, -0.15) is 0 Å². The first kappa shape index (κ1) is 12.4. The van der Waals surface area contributed by atoms with Crippen molar-refractivity contribution < 1.29 is 0 Å². The van der Waals surface area contributed by atoms with E-state index in [1.54, 1.807) is 0 Å². The summed E-state index contributed by atoms with van der Waals surface area (Å²) in [7, 11) is 2.17. The lowest BCUT2D eigenvalue weighted by molar-refractivity contribution is 0.443. The van der Waals surface area contributed by atoms with Crippen molar-refractivity contribution in [2.75, 3.05) is 25.0 Å². The van der Waals surface area contributed by atoms with Crippen molar-refractivity contribution in [2.24, 2.45) is 0 Å². The Morgan fingerprint density at radius 3 is 2.95 bits per heavy atom. The molecule has 1 aromatic carbocycles. The second-order valence-electron chi connectivity index (χ2n) is 5.43. The third-order valence-electron chi connectivity index (χ3n) is 4.04. The zero-order chi connectivity index (χ0) is 13.2. The van der Waals surface area contributed by atoms with Crippen molar-refractivity contribution in [1.29, 1.82) is 0 Å². The van der Waals surface area contributed by atoms with Crippen molar-refractivity contribution in [1.82, 2.24) is 10.3 Å². The summed E-state index contributed by atoms with van der Waals surface area (Å²) in [6.45, 7) is 4.36. The highest BCUT2D eigenvalue weighted by molar-refractivity contribution is 5.81. The fourth-order valence-electron chi connectivity index (χ4n) is 2.91. The van der Waals surface area contributed by atoms with E-state index in [0.29, 0.717) is 6.04 Å². The Morgan fingerprint density at radius 1 is 1.32 bits per heavy atom. The maximum absolute atomic E-state index is 4.85. The molecule has 19 heavy (non-hydrogen) atoms. The highest BCUT2D eigenvalue weighted by atomic mass is 15.2. The molecule has 3 nitrogen and oxygen atoms in total. The van der Waals surface area contributed by atoms with Crippen LogP contribution < -0.4 is 10.2 Å². The molecule has 0 saturated carbocycles. The molecule has 0 aliphatic carbocycles. The monoisotopic (exact) mass is 255 g/mol. The number of hydrogen-bond donors (Lipinski definition) is 1. The number of fused-ring (bicyclic) bond motifs is 1. The molecule has 1 aliphatic heterocycles. The van der Waals surface area contributed by atoms with Gasteiger partial charge >= 0.3 is 0 Å². The van der Waals surface area contributed by atoms with E-state index in [2.05, 4.69) is 54.5 Å². The van der Waals surface area contributed by atoms with Gasteiger partial charge in [0.15, 0.2) is 0 Å². The number of rotatable bonds is 2. The van der Waals surface area contributed by atoms with Crippen LogP contribution in [0.3, 0.4) is 0 Å². The molecular weight excluding hydrogens is 234 g/mol. The van der Waals surface area contributed by atoms with Crippen LogP contribution in [-0.2, 0) is 0 Å². The number of aromatic nitrogens is 1. The molecule has 1 saturated heterocycles. The van der Waals surface area contributed by atoms with Gasteiger partial charge < -0.3 is 10.2 Å². The maximum atomic E-state index is 4.85. The topological polar surface area (TPSA) is 28.2 Å². The summed E-state index contributed by atoms with van der Waals surface area (Å²) in [5, 5.41) is 4.69. The number of likely N-dealkylation sites (N-methyl/N-ethyl adjacent to an activating group) is 1. The van der Waals surface area contributed by atoms with Crippen LogP contribution in [0.25, 0.3) is 10.9 Å². The summed E-state index contributed by atoms with van der Waals surface area (Å²) in [5.74, 6) is 1.12. The molecule has 2 heterocycles. The predicted molar refractivity (Wildman–Crippen MR) is 80.8 cm³/mol. The first-order chi connectivity index (χ1) is 9.25. The minimum absolute atomic E-state index is 0.557. The largest absolute Gasteiger partial charge is 0.355 e. The third kappa shape index (κ3) is 2.43. The molecule has 0 bridgehead atoms. The van der Waals surface area contributed by atoms with Crippen LogP contribution in [0.4, 0.5) is 5.82 Å². The zero-order valence-electron chi connectivity index (χ0n) is 11.7. The van der Waals surface area contributed by atoms with Crippen LogP contribution in [0.1, 0.15) is 18.4 Å². The lowest BCUT2D eigenvalue weighted by atomic mass is 10.1. The van der Waals surface area contributed by atoms with Crippen molar-refractivity contribution in [3.8, 4) is 0 Å². The number of nitrogens with one attached hydrogen (secondary N) is 1. The summed E-state index contributed by atoms with van der Waals surface area (Å²) in [4.78, 5) is 7.19. The van der Waals surface area contributed by atoms with Crippen LogP contribution >= 0.6 is 0 Å². The van der Waals surface area contributed by atoms with Crippen LogP contribution in [-0.4, -0.2) is 31.2 Å². The van der Waals surface area contributed by atoms with E-state index < -0.39 is 0 Å². The number of benzene rings is 1. The maximum Gasteiger partial charge on any atom is 0.132 e. The fourth-order valence-corrected chi connectivity index (χ4v) is 2.91. The van der Waals surface area contributed by atoms with Crippen molar-refractivity contribution >= 4 is 16.7 Å². The van der Waals surface area contributed by atoms with E-state index in [1.165, 1.54) is 23.8 Å². The highest BCUT2D eigenvalue weighted by Gasteiger charge is 2.20. The molecule has 1 N–H and O–H groups in total. The molecule has 1 fully saturated rings. The molecule has 2 aromatic rings. The molecule has 3 rings (SSSR count). The Labute approximate surface area is 114 Å². The lowest BCUT2D eigenvalue weighted by Crippen LogP contribution is -2.44. The van der Waals surface area contributed by atoms with Crippen molar-refractivity contribution in [2.45, 2.75) is 25.8 Å². The van der Waals surface area contributed by atoms with E-state index in [1.807, 2.05) is 0 Å². The quantitative estimate of drug-likeness (QED) is 0.894. The Kier molecular flexibility index (Phi) is 3.38. The average Bonchev–Trinajstić information content (AvgIpc) is 2.47. The summed E-state index contributed by atoms with van der Waals surface area (Å²) >= 11 is 0. The number of para-hydroxylation sites is 1. The van der Waals surface area contributed by atoms with Gasteiger partial charge in [-0.3, -0.25) is 0 Å². The summed E-state index contributed by atoms with van der Waals surface area (Å²) in [6, 6.07) is 11.1. The van der Waals surface area contributed by atoms with E-state index in [0.717, 1.165) is 24.4 Å². The molecule has 0 spiro atoms. The van der Waals surface area contributed by atoms with E-state index in [4.69, 9.17) is 4.98 Å². The second kappa shape index (κ2) is 5.17. The number of nitrogens with zero attached hydrogens (tertiary/aromatic N) is 2. The number of hydrogen-bond acceptors (Lipinski definition) is 3. The molecule has 1 atom stereocenters. The smallest absolute Gasteiger partial charge is 0.132 e. The Morgan fingerprint density at radius 2 is 2.16 bits per heavy atom. The molecule has 1 aromatic heterocycles. The average molecular weight is 255 g/mol. The van der Waals surface area contributed by atoms with Crippen molar-refractivity contribution in [3.63, 3.8) is 0 Å². The molecule has 3 heteroatoms. The fraction of sp³-hybridized carbons (Fsp3) is 0.438. The summed E-state index contributed by atoms with van der Waals surface area (Å²) in [5.41, 5.74) is 2.34. The molecule has 0 amide bonds. The number of piperidine rings is 1. The van der Waals surface area contributed by atoms with Crippen LogP contribution in [0.5, 0.6) is 0 Å². The van der Waals surface area contributed by atoms with Gasteiger partial charge in [0.05, 0.1) is 5.52 Å². The van der Waals surface area contributed by atoms with Gasteiger partial charge in [0.1, 0.15) is 5.82 Å². The predicted octanol–water partition coefficient (Wildman–Crippen LogP) is 2.73. The van der Waals surface area contributed by atoms with Gasteiger partial charge in [-0.25, -0.2) is 4.98 Å². The molecule has 1 aliphatic rings. The van der Waals surface area contributed by atoms with E-state index in [-0.39, 0.29) is 0 Å². The van der Waals surface area contributed by atoms with Crippen LogP contribution in [0, 0.1) is 6.92 Å². The first-order valence-corrected chi connectivity index (χ1v) is 7.05. The second-order valence-corrected chi connectivity index (χ2v) is 5.43. The summed E-state index contributed by atoms with van der Waals surface area (Å²) in [6.07, 6.45) is 2.50. The van der Waals surface area contributed by atoms with Gasteiger partial charge in [0.2, 0.25) is 0 Å². The van der Waals surface area contributed by atoms with Gasteiger partial charge in [-0.05, 0) is 44.0 Å². The number of anilines is 1. The normalized spacial score (nSPS) is 19.6. The first-order valence-electron chi connectivity index (χ1n) is 7.05. The van der Waals surface area contributed by atoms with Gasteiger partial charge in [-0.1, -0.05) is 18.2 Å². The van der Waals surface area contributed by atoms with Crippen LogP contribution in [0.15, 0.2) is 30.3 Å². The molecule has 100 valence electrons. The van der Waals surface area contributed by atoms with Gasteiger partial charge in [0.25, 0.3) is 0 Å². The zero-order valence-corrected chi connectivity index (χ0v) is 11.7. The Balaban J connectivity index is 1.96. The standard InChI is InChI=1S/C16H21N3/c1-12-10-13-6-3-4-8-15(13)18-16(12)19(2)14-7-5-9-17-11-14/h3-4,6,8,10,14,17H,5,7,9,11H2,1-2H3. The summed E-state index contributed by atoms with van der Waals surface area (Å²) < 4.78 is 0. The molecule has 1 unspecified atom stereocenters. The minimum atomic E-state index is 0.557. The molecule has 0 radical (unpaired) electrons. The lowest BCUT2D eigenvalue weighted by Gasteiger charge is -2.33. The minimum Gasteiger partial charge on any atom is -0.355 e. The Bertz CT molecular complexity index is 573. The highest BCUT2D eigenvalue weighted by Crippen LogP contribution is 2.24. The Hall–Kier alpha value is -1.61. The van der Waals surface area contributed by atoms with E-state index >= 15 is 0 Å². The van der Waals surface area contributed by atoms with E-state index in [9.17, 15) is 0 Å². The van der Waals surface area contributed by atoms with Gasteiger partial charge in [-0.15, -0.1) is 0 Å². The van der Waals surface area contributed by atoms with Crippen LogP contribution in [0.2, 0.25) is 0 Å².